The third-order valence-corrected chi connectivity index (χ3v) is 1.84. The average Bonchev–Trinajstić information content (AvgIpc) is 2.16. The average molecular weight is 194 g/mol. The summed E-state index contributed by atoms with van der Waals surface area (Å²) in [6.45, 7) is 0.943. The number of rotatable bonds is 5. The number of carbonyl (C=O) groups is 1. The van der Waals surface area contributed by atoms with Crippen LogP contribution in [0.25, 0.3) is 0 Å². The summed E-state index contributed by atoms with van der Waals surface area (Å²) >= 11 is 0. The summed E-state index contributed by atoms with van der Waals surface area (Å²) in [7, 11) is 0. The van der Waals surface area contributed by atoms with Gasteiger partial charge in [-0.05, 0) is 5.56 Å². The fourth-order valence-electron chi connectivity index (χ4n) is 1.14. The van der Waals surface area contributed by atoms with Crippen LogP contribution in [0.5, 0.6) is 0 Å². The van der Waals surface area contributed by atoms with Gasteiger partial charge in [0.15, 0.2) is 0 Å². The van der Waals surface area contributed by atoms with Gasteiger partial charge in [0, 0.05) is 13.1 Å². The standard InChI is InChI=1S/C10H14N2O2/c11-12(7-6-10(13)14)8-9-4-2-1-3-5-9/h1-5H,6-8,11H2,(H,13,14). The molecule has 0 radical (unpaired) electrons. The Kier molecular flexibility index (Phi) is 4.10. The molecule has 0 heterocycles. The van der Waals surface area contributed by atoms with Gasteiger partial charge >= 0.3 is 5.97 Å². The Morgan fingerprint density at radius 1 is 1.36 bits per heavy atom. The predicted molar refractivity (Wildman–Crippen MR) is 53.3 cm³/mol. The van der Waals surface area contributed by atoms with Crippen LogP contribution in [0.3, 0.4) is 0 Å². The first-order chi connectivity index (χ1) is 6.68. The lowest BCUT2D eigenvalue weighted by Gasteiger charge is -2.14. The van der Waals surface area contributed by atoms with Crippen molar-refractivity contribution in [3.8, 4) is 0 Å². The highest BCUT2D eigenvalue weighted by atomic mass is 16.4. The Hall–Kier alpha value is -1.39. The van der Waals surface area contributed by atoms with Gasteiger partial charge in [-0.1, -0.05) is 30.3 Å². The Balaban J connectivity index is 2.34. The third-order valence-electron chi connectivity index (χ3n) is 1.84. The van der Waals surface area contributed by atoms with Gasteiger partial charge in [-0.15, -0.1) is 0 Å². The van der Waals surface area contributed by atoms with Gasteiger partial charge in [0.2, 0.25) is 0 Å². The fraction of sp³-hybridized carbons (Fsp3) is 0.300. The molecule has 0 aromatic heterocycles. The Bertz CT molecular complexity index is 287. The summed E-state index contributed by atoms with van der Waals surface area (Å²) < 4.78 is 0. The predicted octanol–water partition coefficient (Wildman–Crippen LogP) is 0.837. The summed E-state index contributed by atoms with van der Waals surface area (Å²) in [6.07, 6.45) is 0.0728. The second kappa shape index (κ2) is 5.36. The molecule has 76 valence electrons. The zero-order valence-electron chi connectivity index (χ0n) is 7.89. The van der Waals surface area contributed by atoms with E-state index in [4.69, 9.17) is 10.9 Å². The van der Waals surface area contributed by atoms with E-state index in [1.54, 1.807) is 0 Å². The Labute approximate surface area is 82.9 Å². The lowest BCUT2D eigenvalue weighted by Crippen LogP contribution is -2.32. The first kappa shape index (κ1) is 10.7. The third kappa shape index (κ3) is 4.02. The topological polar surface area (TPSA) is 66.6 Å². The lowest BCUT2D eigenvalue weighted by molar-refractivity contribution is -0.137. The van der Waals surface area contributed by atoms with Crippen molar-refractivity contribution in [2.75, 3.05) is 6.54 Å². The summed E-state index contributed by atoms with van der Waals surface area (Å²) in [5, 5.41) is 9.95. The molecule has 1 aromatic rings. The summed E-state index contributed by atoms with van der Waals surface area (Å²) in [5.74, 6) is 4.80. The molecule has 0 fully saturated rings. The molecule has 0 atom stereocenters. The van der Waals surface area contributed by atoms with Crippen LogP contribution in [0, 0.1) is 0 Å². The van der Waals surface area contributed by atoms with Crippen molar-refractivity contribution >= 4 is 5.97 Å². The number of carboxylic acids is 1. The van der Waals surface area contributed by atoms with Crippen LogP contribution in [0.1, 0.15) is 12.0 Å². The lowest BCUT2D eigenvalue weighted by atomic mass is 10.2. The molecule has 0 bridgehead atoms. The largest absolute Gasteiger partial charge is 0.481 e. The number of hydrazine groups is 1. The van der Waals surface area contributed by atoms with Gasteiger partial charge in [0.25, 0.3) is 0 Å². The number of hydrogen-bond donors (Lipinski definition) is 2. The first-order valence-corrected chi connectivity index (χ1v) is 4.44. The van der Waals surface area contributed by atoms with Crippen LogP contribution in [0.4, 0.5) is 0 Å². The Morgan fingerprint density at radius 2 is 2.00 bits per heavy atom. The van der Waals surface area contributed by atoms with E-state index >= 15 is 0 Å². The molecule has 3 N–H and O–H groups in total. The molecule has 0 aliphatic heterocycles. The SMILES string of the molecule is NN(CCC(=O)O)Cc1ccccc1. The van der Waals surface area contributed by atoms with Gasteiger partial charge in [-0.25, -0.2) is 5.01 Å². The van der Waals surface area contributed by atoms with Crippen LogP contribution in [-0.2, 0) is 11.3 Å². The smallest absolute Gasteiger partial charge is 0.304 e. The van der Waals surface area contributed by atoms with Crippen molar-refractivity contribution in [2.24, 2.45) is 5.84 Å². The van der Waals surface area contributed by atoms with Crippen LogP contribution >= 0.6 is 0 Å². The molecule has 1 aromatic carbocycles. The monoisotopic (exact) mass is 194 g/mol. The van der Waals surface area contributed by atoms with Gasteiger partial charge in [0.1, 0.15) is 0 Å². The molecule has 4 heteroatoms. The molecule has 0 saturated heterocycles. The second-order valence-electron chi connectivity index (χ2n) is 3.10. The van der Waals surface area contributed by atoms with E-state index in [0.29, 0.717) is 13.1 Å². The highest BCUT2D eigenvalue weighted by Gasteiger charge is 2.03. The Morgan fingerprint density at radius 3 is 2.57 bits per heavy atom. The molecule has 0 amide bonds. The number of aliphatic carboxylic acids is 1. The highest BCUT2D eigenvalue weighted by molar-refractivity contribution is 5.66. The molecule has 0 saturated carbocycles. The quantitative estimate of drug-likeness (QED) is 0.538. The maximum atomic E-state index is 10.3. The molecular weight excluding hydrogens is 180 g/mol. The van der Waals surface area contributed by atoms with Crippen molar-refractivity contribution in [3.63, 3.8) is 0 Å². The van der Waals surface area contributed by atoms with Gasteiger partial charge in [-0.2, -0.15) is 0 Å². The zero-order chi connectivity index (χ0) is 10.4. The van der Waals surface area contributed by atoms with Gasteiger partial charge in [0.05, 0.1) is 6.42 Å². The van der Waals surface area contributed by atoms with E-state index < -0.39 is 5.97 Å². The summed E-state index contributed by atoms with van der Waals surface area (Å²) in [6, 6.07) is 9.71. The van der Waals surface area contributed by atoms with Crippen molar-refractivity contribution in [1.82, 2.24) is 5.01 Å². The van der Waals surface area contributed by atoms with Crippen molar-refractivity contribution in [2.45, 2.75) is 13.0 Å². The minimum Gasteiger partial charge on any atom is -0.481 e. The van der Waals surface area contributed by atoms with E-state index in [-0.39, 0.29) is 6.42 Å². The molecular formula is C10H14N2O2. The van der Waals surface area contributed by atoms with Crippen molar-refractivity contribution in [3.05, 3.63) is 35.9 Å². The van der Waals surface area contributed by atoms with E-state index in [2.05, 4.69) is 0 Å². The molecule has 1 rings (SSSR count). The number of benzene rings is 1. The first-order valence-electron chi connectivity index (χ1n) is 4.44. The van der Waals surface area contributed by atoms with Crippen LogP contribution in [0.2, 0.25) is 0 Å². The van der Waals surface area contributed by atoms with Gasteiger partial charge in [-0.3, -0.25) is 10.6 Å². The van der Waals surface area contributed by atoms with E-state index in [0.717, 1.165) is 5.56 Å². The molecule has 0 spiro atoms. The van der Waals surface area contributed by atoms with Crippen molar-refractivity contribution < 1.29 is 9.90 Å². The fourth-order valence-corrected chi connectivity index (χ4v) is 1.14. The second-order valence-corrected chi connectivity index (χ2v) is 3.10. The summed E-state index contributed by atoms with van der Waals surface area (Å²) in [5.41, 5.74) is 1.08. The van der Waals surface area contributed by atoms with E-state index in [1.807, 2.05) is 30.3 Å². The number of nitrogens with two attached hydrogens (primary N) is 1. The minimum atomic E-state index is -0.825. The van der Waals surface area contributed by atoms with Crippen LogP contribution < -0.4 is 5.84 Å². The zero-order valence-corrected chi connectivity index (χ0v) is 7.89. The van der Waals surface area contributed by atoms with Gasteiger partial charge < -0.3 is 5.11 Å². The number of nitrogens with zero attached hydrogens (tertiary/aromatic N) is 1. The molecule has 0 unspecified atom stereocenters. The van der Waals surface area contributed by atoms with Crippen LogP contribution in [-0.4, -0.2) is 22.6 Å². The van der Waals surface area contributed by atoms with E-state index in [9.17, 15) is 4.79 Å². The van der Waals surface area contributed by atoms with Crippen molar-refractivity contribution in [1.29, 1.82) is 0 Å². The maximum absolute atomic E-state index is 10.3. The molecule has 0 aliphatic rings. The maximum Gasteiger partial charge on any atom is 0.304 e. The number of carboxylic acid groups (broad SMARTS) is 1. The molecule has 14 heavy (non-hydrogen) atoms. The highest BCUT2D eigenvalue weighted by Crippen LogP contribution is 2.01. The normalized spacial score (nSPS) is 10.4. The van der Waals surface area contributed by atoms with E-state index in [1.165, 1.54) is 5.01 Å². The van der Waals surface area contributed by atoms with Crippen LogP contribution in [0.15, 0.2) is 30.3 Å². The molecule has 4 nitrogen and oxygen atoms in total. The number of hydrogen-bond acceptors (Lipinski definition) is 3. The summed E-state index contributed by atoms with van der Waals surface area (Å²) in [4.78, 5) is 10.3. The molecule has 0 aliphatic carbocycles. The minimum absolute atomic E-state index is 0.0728.